The number of phenolic OH excluding ortho intramolecular Hbond substituents is 2. The number of hydrogen-bond acceptors (Lipinski definition) is 15. The van der Waals surface area contributed by atoms with E-state index >= 15 is 0 Å². The molecule has 0 amide bonds. The first-order valence-electron chi connectivity index (χ1n) is 13.1. The lowest BCUT2D eigenvalue weighted by Gasteiger charge is -2.42. The SMILES string of the molecule is C[C@H]1O[C@@H](OC[C@@H]2O[C@@H](Oc3cc(O)cc4c3C(=O)[C@](O)(Cc3ccc(O)cc3)O4)[C@H](O)[C@@H](O)[C@@H]2O)[C@H](O)[C@H](O)[C@H]1O. The zero-order valence-corrected chi connectivity index (χ0v) is 22.1. The number of ether oxygens (including phenoxy) is 5. The van der Waals surface area contributed by atoms with Crippen molar-refractivity contribution in [3.05, 3.63) is 47.5 Å². The van der Waals surface area contributed by atoms with Gasteiger partial charge in [-0.05, 0) is 24.6 Å². The predicted octanol–water partition coefficient (Wildman–Crippen LogP) is -2.37. The summed E-state index contributed by atoms with van der Waals surface area (Å²) in [5, 5.41) is 92.3. The lowest BCUT2D eigenvalue weighted by Crippen LogP contribution is -2.61. The van der Waals surface area contributed by atoms with Gasteiger partial charge in [-0.25, -0.2) is 0 Å². The van der Waals surface area contributed by atoms with Crippen LogP contribution in [-0.2, 0) is 20.6 Å². The second kappa shape index (κ2) is 11.5. The molecule has 2 fully saturated rings. The van der Waals surface area contributed by atoms with Crippen LogP contribution in [0, 0.1) is 0 Å². The molecule has 2 saturated heterocycles. The Morgan fingerprint density at radius 1 is 0.810 bits per heavy atom. The number of ketones is 1. The summed E-state index contributed by atoms with van der Waals surface area (Å²) in [5.41, 5.74) is 0.149. The highest BCUT2D eigenvalue weighted by Crippen LogP contribution is 2.44. The quantitative estimate of drug-likeness (QED) is 0.162. The normalized spacial score (nSPS) is 38.1. The third-order valence-corrected chi connectivity index (χ3v) is 7.44. The van der Waals surface area contributed by atoms with Crippen LogP contribution in [0.5, 0.6) is 23.0 Å². The zero-order valence-electron chi connectivity index (χ0n) is 22.1. The minimum absolute atomic E-state index is 0.0243. The smallest absolute Gasteiger partial charge is 0.277 e. The standard InChI is InChI=1S/C27H32O15/c1-10-18(30)20(32)22(34)25(39-10)38-9-16-19(31)21(33)23(35)26(41-16)40-14-6-13(29)7-15-17(14)24(36)27(37,42-15)8-11-2-4-12(28)5-3-11/h2-7,10,16,18-23,25-26,28-35,37H,8-9H2,1H3/t10-,16+,18+,19-,20-,21+,22-,23-,25-,26-,27+/m1/s1. The van der Waals surface area contributed by atoms with Crippen molar-refractivity contribution < 1.29 is 74.4 Å². The van der Waals surface area contributed by atoms with Crippen LogP contribution in [-0.4, -0.2) is 126 Å². The van der Waals surface area contributed by atoms with Crippen LogP contribution < -0.4 is 9.47 Å². The molecule has 2 aromatic carbocycles. The van der Waals surface area contributed by atoms with Crippen molar-refractivity contribution in [2.75, 3.05) is 6.61 Å². The van der Waals surface area contributed by atoms with Gasteiger partial charge in [-0.1, -0.05) is 12.1 Å². The monoisotopic (exact) mass is 596 g/mol. The summed E-state index contributed by atoms with van der Waals surface area (Å²) in [6.45, 7) is 0.894. The van der Waals surface area contributed by atoms with Gasteiger partial charge in [0.2, 0.25) is 12.1 Å². The van der Waals surface area contributed by atoms with E-state index in [-0.39, 0.29) is 29.2 Å². The molecule has 0 unspecified atom stereocenters. The average molecular weight is 597 g/mol. The molecule has 9 N–H and O–H groups in total. The molecule has 3 aliphatic heterocycles. The first-order valence-corrected chi connectivity index (χ1v) is 13.1. The molecular weight excluding hydrogens is 564 g/mol. The Hall–Kier alpha value is -3.09. The van der Waals surface area contributed by atoms with E-state index in [1.54, 1.807) is 0 Å². The van der Waals surface area contributed by atoms with Crippen molar-refractivity contribution in [1.82, 2.24) is 0 Å². The number of hydrogen-bond donors (Lipinski definition) is 9. The first kappa shape index (κ1) is 30.4. The Bertz CT molecular complexity index is 1290. The third kappa shape index (κ3) is 5.63. The highest BCUT2D eigenvalue weighted by Gasteiger charge is 2.51. The van der Waals surface area contributed by atoms with Gasteiger partial charge >= 0.3 is 0 Å². The number of phenols is 2. The molecule has 0 saturated carbocycles. The summed E-state index contributed by atoms with van der Waals surface area (Å²) in [5.74, 6) is -4.41. The fourth-order valence-electron chi connectivity index (χ4n) is 5.02. The lowest BCUT2D eigenvalue weighted by molar-refractivity contribution is -0.318. The molecule has 11 atom stereocenters. The Morgan fingerprint density at radius 2 is 1.45 bits per heavy atom. The van der Waals surface area contributed by atoms with E-state index in [1.165, 1.54) is 31.2 Å². The van der Waals surface area contributed by atoms with Gasteiger partial charge in [-0.15, -0.1) is 0 Å². The van der Waals surface area contributed by atoms with Crippen molar-refractivity contribution in [2.24, 2.45) is 0 Å². The summed E-state index contributed by atoms with van der Waals surface area (Å²) in [6.07, 6.45) is -15.8. The van der Waals surface area contributed by atoms with Crippen LogP contribution in [0.2, 0.25) is 0 Å². The third-order valence-electron chi connectivity index (χ3n) is 7.44. The maximum Gasteiger partial charge on any atom is 0.277 e. The number of Topliss-reactive ketones (excluding diaryl/α,β-unsaturated/α-hetero) is 1. The van der Waals surface area contributed by atoms with Crippen LogP contribution in [0.15, 0.2) is 36.4 Å². The topological polar surface area (TPSA) is 245 Å². The molecule has 2 aromatic rings. The molecule has 0 aromatic heterocycles. The molecule has 230 valence electrons. The summed E-state index contributed by atoms with van der Waals surface area (Å²) >= 11 is 0. The number of aromatic hydroxyl groups is 2. The lowest BCUT2D eigenvalue weighted by atomic mass is 9.97. The van der Waals surface area contributed by atoms with E-state index in [4.69, 9.17) is 23.7 Å². The van der Waals surface area contributed by atoms with Gasteiger partial charge in [-0.3, -0.25) is 4.79 Å². The van der Waals surface area contributed by atoms with Crippen molar-refractivity contribution in [2.45, 2.75) is 80.5 Å². The van der Waals surface area contributed by atoms with E-state index in [1.807, 2.05) is 0 Å². The van der Waals surface area contributed by atoms with Crippen molar-refractivity contribution >= 4 is 5.78 Å². The maximum atomic E-state index is 13.3. The van der Waals surface area contributed by atoms with E-state index in [0.29, 0.717) is 5.56 Å². The number of carbonyl (C=O) groups excluding carboxylic acids is 1. The highest BCUT2D eigenvalue weighted by atomic mass is 16.7. The number of aliphatic hydroxyl groups is 7. The van der Waals surface area contributed by atoms with E-state index in [0.717, 1.165) is 12.1 Å². The number of benzene rings is 2. The molecule has 15 heteroatoms. The van der Waals surface area contributed by atoms with Crippen molar-refractivity contribution in [1.29, 1.82) is 0 Å². The number of rotatable bonds is 7. The molecule has 5 rings (SSSR count). The fraction of sp³-hybridized carbons (Fsp3) is 0.519. The number of aliphatic hydroxyl groups excluding tert-OH is 6. The minimum Gasteiger partial charge on any atom is -0.508 e. The van der Waals surface area contributed by atoms with Gasteiger partial charge in [-0.2, -0.15) is 0 Å². The van der Waals surface area contributed by atoms with Crippen molar-refractivity contribution in [3.63, 3.8) is 0 Å². The number of carbonyl (C=O) groups is 1. The summed E-state index contributed by atoms with van der Waals surface area (Å²) < 4.78 is 27.6. The first-order chi connectivity index (χ1) is 19.8. The van der Waals surface area contributed by atoms with E-state index < -0.39 is 85.3 Å². The van der Waals surface area contributed by atoms with Crippen LogP contribution in [0.3, 0.4) is 0 Å². The fourth-order valence-corrected chi connectivity index (χ4v) is 5.02. The molecule has 0 aliphatic carbocycles. The van der Waals surface area contributed by atoms with Crippen LogP contribution in [0.25, 0.3) is 0 Å². The van der Waals surface area contributed by atoms with E-state index in [2.05, 4.69) is 0 Å². The zero-order chi connectivity index (χ0) is 30.5. The van der Waals surface area contributed by atoms with Crippen LogP contribution in [0.1, 0.15) is 22.8 Å². The molecule has 3 heterocycles. The molecular formula is C27H32O15. The second-order valence-electron chi connectivity index (χ2n) is 10.5. The Labute approximate surface area is 238 Å². The summed E-state index contributed by atoms with van der Waals surface area (Å²) in [6, 6.07) is 7.75. The molecule has 42 heavy (non-hydrogen) atoms. The van der Waals surface area contributed by atoms with Crippen LogP contribution in [0.4, 0.5) is 0 Å². The van der Waals surface area contributed by atoms with Gasteiger partial charge in [0.1, 0.15) is 71.3 Å². The van der Waals surface area contributed by atoms with E-state index in [9.17, 15) is 50.8 Å². The van der Waals surface area contributed by atoms with Crippen molar-refractivity contribution in [3.8, 4) is 23.0 Å². The minimum atomic E-state index is -2.40. The summed E-state index contributed by atoms with van der Waals surface area (Å²) in [4.78, 5) is 13.3. The van der Waals surface area contributed by atoms with Gasteiger partial charge in [0, 0.05) is 18.6 Å². The second-order valence-corrected chi connectivity index (χ2v) is 10.5. The number of fused-ring (bicyclic) bond motifs is 1. The average Bonchev–Trinajstić information content (AvgIpc) is 3.19. The maximum absolute atomic E-state index is 13.3. The van der Waals surface area contributed by atoms with Crippen LogP contribution >= 0.6 is 0 Å². The molecule has 15 nitrogen and oxygen atoms in total. The Balaban J connectivity index is 1.32. The predicted molar refractivity (Wildman–Crippen MR) is 135 cm³/mol. The summed E-state index contributed by atoms with van der Waals surface area (Å²) in [7, 11) is 0. The highest BCUT2D eigenvalue weighted by molar-refractivity contribution is 6.09. The van der Waals surface area contributed by atoms with Gasteiger partial charge in [0.15, 0.2) is 6.29 Å². The molecule has 3 aliphatic rings. The Morgan fingerprint density at radius 3 is 2.14 bits per heavy atom. The Kier molecular flexibility index (Phi) is 8.34. The molecule has 0 radical (unpaired) electrons. The molecule has 0 spiro atoms. The largest absolute Gasteiger partial charge is 0.508 e. The van der Waals surface area contributed by atoms with Gasteiger partial charge in [0.05, 0.1) is 12.7 Å². The molecule has 0 bridgehead atoms. The van der Waals surface area contributed by atoms with Gasteiger partial charge in [0.25, 0.3) is 5.79 Å². The van der Waals surface area contributed by atoms with Gasteiger partial charge < -0.3 is 69.6 Å².